The van der Waals surface area contributed by atoms with Crippen LogP contribution in [0, 0.1) is 5.92 Å². The molecule has 0 bridgehead atoms. The van der Waals surface area contributed by atoms with E-state index in [4.69, 9.17) is 11.6 Å². The van der Waals surface area contributed by atoms with Crippen LogP contribution in [0.1, 0.15) is 12.8 Å². The molecule has 0 spiro atoms. The zero-order chi connectivity index (χ0) is 8.81. The smallest absolute Gasteiger partial charge is 0.0174 e. The van der Waals surface area contributed by atoms with Gasteiger partial charge in [0.05, 0.1) is 0 Å². The van der Waals surface area contributed by atoms with Crippen LogP contribution in [0.3, 0.4) is 0 Å². The van der Waals surface area contributed by atoms with Gasteiger partial charge in [-0.1, -0.05) is 33.6 Å². The fourth-order valence-corrected chi connectivity index (χ4v) is 2.38. The monoisotopic (exact) mass is 251 g/mol. The average molecular weight is 253 g/mol. The second kappa shape index (κ2) is 6.01. The minimum absolute atomic E-state index is 0.896. The molecule has 0 aromatic carbocycles. The molecule has 1 rings (SSSR count). The average Bonchev–Trinajstić information content (AvgIpc) is 2.50. The zero-order valence-electron chi connectivity index (χ0n) is 7.18. The summed E-state index contributed by atoms with van der Waals surface area (Å²) in [6, 6.07) is 0. The van der Waals surface area contributed by atoms with E-state index >= 15 is 0 Å². The quantitative estimate of drug-likeness (QED) is 0.696. The molecule has 1 atom stereocenters. The standard InChI is InChI=1S/C9H15BrClN/c10-4-2-9-3-7-12(8-9)6-1-5-11/h1,5,9H,2-4,6-8H2/b5-1+. The largest absolute Gasteiger partial charge is 0.299 e. The molecule has 0 saturated carbocycles. The van der Waals surface area contributed by atoms with E-state index in [1.807, 2.05) is 6.08 Å². The second-order valence-electron chi connectivity index (χ2n) is 3.25. The fourth-order valence-electron chi connectivity index (χ4n) is 1.66. The number of likely N-dealkylation sites (tertiary alicyclic amines) is 1. The lowest BCUT2D eigenvalue weighted by atomic mass is 10.1. The predicted octanol–water partition coefficient (Wildman–Crippen LogP) is 2.85. The topological polar surface area (TPSA) is 3.24 Å². The summed E-state index contributed by atoms with van der Waals surface area (Å²) in [5.41, 5.74) is 1.61. The van der Waals surface area contributed by atoms with Gasteiger partial charge in [-0.05, 0) is 25.3 Å². The molecule has 0 aliphatic carbocycles. The van der Waals surface area contributed by atoms with Crippen molar-refractivity contribution in [2.45, 2.75) is 12.8 Å². The highest BCUT2D eigenvalue weighted by Crippen LogP contribution is 2.19. The molecule has 1 aliphatic rings. The van der Waals surface area contributed by atoms with E-state index in [-0.39, 0.29) is 0 Å². The van der Waals surface area contributed by atoms with E-state index in [1.165, 1.54) is 25.9 Å². The molecule has 12 heavy (non-hydrogen) atoms. The van der Waals surface area contributed by atoms with Crippen LogP contribution in [0.25, 0.3) is 0 Å². The Morgan fingerprint density at radius 3 is 3.08 bits per heavy atom. The number of rotatable bonds is 4. The lowest BCUT2D eigenvalue weighted by Crippen LogP contribution is -2.20. The van der Waals surface area contributed by atoms with E-state index < -0.39 is 0 Å². The number of hydrogen-bond donors (Lipinski definition) is 0. The Kier molecular flexibility index (Phi) is 5.28. The molecule has 1 aliphatic heterocycles. The summed E-state index contributed by atoms with van der Waals surface area (Å²) in [6.45, 7) is 3.49. The molecule has 1 nitrogen and oxygen atoms in total. The Bertz CT molecular complexity index is 149. The van der Waals surface area contributed by atoms with Crippen molar-refractivity contribution in [3.05, 3.63) is 11.6 Å². The van der Waals surface area contributed by atoms with Gasteiger partial charge in [-0.25, -0.2) is 0 Å². The minimum atomic E-state index is 0.896. The molecule has 0 radical (unpaired) electrons. The van der Waals surface area contributed by atoms with Crippen molar-refractivity contribution in [1.82, 2.24) is 4.90 Å². The highest BCUT2D eigenvalue weighted by Gasteiger charge is 2.20. The molecular formula is C9H15BrClN. The van der Waals surface area contributed by atoms with Gasteiger partial charge in [0.2, 0.25) is 0 Å². The summed E-state index contributed by atoms with van der Waals surface area (Å²) < 4.78 is 0. The van der Waals surface area contributed by atoms with Crippen molar-refractivity contribution < 1.29 is 0 Å². The van der Waals surface area contributed by atoms with Crippen LogP contribution in [0.15, 0.2) is 11.6 Å². The van der Waals surface area contributed by atoms with E-state index in [1.54, 1.807) is 5.54 Å². The second-order valence-corrected chi connectivity index (χ2v) is 4.30. The van der Waals surface area contributed by atoms with Crippen LogP contribution in [-0.4, -0.2) is 29.9 Å². The van der Waals surface area contributed by atoms with Crippen LogP contribution in [0.5, 0.6) is 0 Å². The molecule has 1 fully saturated rings. The van der Waals surface area contributed by atoms with Gasteiger partial charge in [-0.15, -0.1) is 0 Å². The summed E-state index contributed by atoms with van der Waals surface area (Å²) in [5.74, 6) is 0.896. The van der Waals surface area contributed by atoms with Gasteiger partial charge in [0.15, 0.2) is 0 Å². The number of halogens is 2. The van der Waals surface area contributed by atoms with Gasteiger partial charge in [0.25, 0.3) is 0 Å². The van der Waals surface area contributed by atoms with Crippen LogP contribution < -0.4 is 0 Å². The van der Waals surface area contributed by atoms with Crippen LogP contribution in [0.4, 0.5) is 0 Å². The number of nitrogens with zero attached hydrogens (tertiary/aromatic N) is 1. The maximum absolute atomic E-state index is 5.46. The SMILES string of the molecule is Cl/C=C/CN1CCC(CCBr)C1. The van der Waals surface area contributed by atoms with E-state index in [0.717, 1.165) is 17.8 Å². The van der Waals surface area contributed by atoms with Crippen LogP contribution >= 0.6 is 27.5 Å². The van der Waals surface area contributed by atoms with Crippen LogP contribution in [-0.2, 0) is 0 Å². The maximum Gasteiger partial charge on any atom is 0.0174 e. The first-order valence-electron chi connectivity index (χ1n) is 4.40. The molecule has 0 aromatic heterocycles. The van der Waals surface area contributed by atoms with Gasteiger partial charge in [0, 0.05) is 24.0 Å². The summed E-state index contributed by atoms with van der Waals surface area (Å²) in [5, 5.41) is 1.14. The molecule has 70 valence electrons. The zero-order valence-corrected chi connectivity index (χ0v) is 9.52. The maximum atomic E-state index is 5.46. The molecule has 3 heteroatoms. The Morgan fingerprint density at radius 1 is 1.58 bits per heavy atom. The summed E-state index contributed by atoms with van der Waals surface area (Å²) >= 11 is 8.94. The molecule has 1 saturated heterocycles. The normalized spacial score (nSPS) is 25.7. The van der Waals surface area contributed by atoms with E-state index in [0.29, 0.717) is 0 Å². The van der Waals surface area contributed by atoms with Crippen molar-refractivity contribution in [3.8, 4) is 0 Å². The molecular weight excluding hydrogens is 237 g/mol. The highest BCUT2D eigenvalue weighted by molar-refractivity contribution is 9.09. The van der Waals surface area contributed by atoms with Gasteiger partial charge < -0.3 is 0 Å². The number of alkyl halides is 1. The first-order chi connectivity index (χ1) is 5.86. The first kappa shape index (κ1) is 10.6. The Balaban J connectivity index is 2.16. The first-order valence-corrected chi connectivity index (χ1v) is 5.96. The molecule has 1 unspecified atom stereocenters. The van der Waals surface area contributed by atoms with E-state index in [9.17, 15) is 0 Å². The van der Waals surface area contributed by atoms with Crippen molar-refractivity contribution in [3.63, 3.8) is 0 Å². The molecule has 0 aromatic rings. The Morgan fingerprint density at radius 2 is 2.42 bits per heavy atom. The van der Waals surface area contributed by atoms with Crippen molar-refractivity contribution in [2.75, 3.05) is 25.0 Å². The molecule has 0 amide bonds. The van der Waals surface area contributed by atoms with Crippen molar-refractivity contribution in [1.29, 1.82) is 0 Å². The van der Waals surface area contributed by atoms with Crippen LogP contribution in [0.2, 0.25) is 0 Å². The third kappa shape index (κ3) is 3.46. The molecule has 0 N–H and O–H groups in total. The fraction of sp³-hybridized carbons (Fsp3) is 0.778. The minimum Gasteiger partial charge on any atom is -0.299 e. The highest BCUT2D eigenvalue weighted by atomic mass is 79.9. The van der Waals surface area contributed by atoms with Crippen molar-refractivity contribution >= 4 is 27.5 Å². The Labute approximate surface area is 87.9 Å². The third-order valence-corrected chi connectivity index (χ3v) is 2.98. The summed E-state index contributed by atoms with van der Waals surface area (Å²) in [4.78, 5) is 2.45. The van der Waals surface area contributed by atoms with Gasteiger partial charge in [-0.3, -0.25) is 4.90 Å². The molecule has 1 heterocycles. The lowest BCUT2D eigenvalue weighted by molar-refractivity contribution is 0.357. The summed E-state index contributed by atoms with van der Waals surface area (Å²) in [7, 11) is 0. The third-order valence-electron chi connectivity index (χ3n) is 2.34. The van der Waals surface area contributed by atoms with Gasteiger partial charge in [0.1, 0.15) is 0 Å². The lowest BCUT2D eigenvalue weighted by Gasteiger charge is -2.12. The van der Waals surface area contributed by atoms with E-state index in [2.05, 4.69) is 20.8 Å². The van der Waals surface area contributed by atoms with Gasteiger partial charge in [-0.2, -0.15) is 0 Å². The number of hydrogen-bond acceptors (Lipinski definition) is 1. The van der Waals surface area contributed by atoms with Gasteiger partial charge >= 0.3 is 0 Å². The Hall–Kier alpha value is 0.470. The summed E-state index contributed by atoms with van der Waals surface area (Å²) in [6.07, 6.45) is 4.67. The predicted molar refractivity (Wildman–Crippen MR) is 58.0 cm³/mol. The van der Waals surface area contributed by atoms with Crippen molar-refractivity contribution in [2.24, 2.45) is 5.92 Å².